The van der Waals surface area contributed by atoms with Crippen molar-refractivity contribution >= 4 is 21.8 Å². The summed E-state index contributed by atoms with van der Waals surface area (Å²) >= 11 is 0. The van der Waals surface area contributed by atoms with Gasteiger partial charge in [-0.1, -0.05) is 21.8 Å². The minimum Gasteiger partial charge on any atom is -0.506 e. The average molecular weight is 174 g/mol. The average Bonchev–Trinajstić information content (AvgIpc) is 1.87. The van der Waals surface area contributed by atoms with Crippen molar-refractivity contribution in [3.8, 4) is 0 Å². The topological polar surface area (TPSA) is 109 Å². The first kappa shape index (κ1) is 8.78. The molecule has 9 heavy (non-hydrogen) atoms. The molecule has 0 aliphatic heterocycles. The number of hydrogen-bond acceptors (Lipinski definition) is 7. The third kappa shape index (κ3) is 4.29. The molecule has 0 aliphatic carbocycles. The summed E-state index contributed by atoms with van der Waals surface area (Å²) in [7, 11) is -4.86. The van der Waals surface area contributed by atoms with E-state index in [9.17, 15) is 8.42 Å². The summed E-state index contributed by atoms with van der Waals surface area (Å²) in [5, 5.41) is 15.2. The minimum atomic E-state index is -2.43. The van der Waals surface area contributed by atoms with Gasteiger partial charge in [0.05, 0.1) is 0 Å². The summed E-state index contributed by atoms with van der Waals surface area (Å²) < 4.78 is 27.6. The Labute approximate surface area is 54.0 Å². The van der Waals surface area contributed by atoms with Gasteiger partial charge in [0.2, 0.25) is 0 Å². The lowest BCUT2D eigenvalue weighted by atomic mass is 13.6. The van der Waals surface area contributed by atoms with Crippen molar-refractivity contribution in [1.82, 2.24) is 0 Å². The van der Waals surface area contributed by atoms with Crippen LogP contribution in [-0.2, 0) is 33.8 Å². The van der Waals surface area contributed by atoms with E-state index >= 15 is 0 Å². The zero-order chi connectivity index (χ0) is 7.28. The first-order valence-corrected chi connectivity index (χ1v) is 3.50. The maximum absolute atomic E-state index is 9.89. The molecule has 0 saturated heterocycles. The van der Waals surface area contributed by atoms with E-state index in [2.05, 4.69) is 12.7 Å². The molecule has 0 fully saturated rings. The normalized spacial score (nSPS) is 18.0. The first-order chi connectivity index (χ1) is 4.20. The molecule has 9 heteroatoms. The lowest BCUT2D eigenvalue weighted by Crippen LogP contribution is -1.81. The van der Waals surface area contributed by atoms with E-state index in [1.54, 1.807) is 0 Å². The van der Waals surface area contributed by atoms with Gasteiger partial charge in [0.25, 0.3) is 0 Å². The van der Waals surface area contributed by atoms with E-state index in [0.29, 0.717) is 0 Å². The highest BCUT2D eigenvalue weighted by Crippen LogP contribution is 1.79. The van der Waals surface area contributed by atoms with E-state index in [1.165, 1.54) is 0 Å². The van der Waals surface area contributed by atoms with Gasteiger partial charge in [-0.05, 0) is 0 Å². The molecular weight excluding hydrogens is 172 g/mol. The van der Waals surface area contributed by atoms with Crippen molar-refractivity contribution in [2.45, 2.75) is 0 Å². The van der Waals surface area contributed by atoms with E-state index in [-0.39, 0.29) is 0 Å². The van der Waals surface area contributed by atoms with Crippen LogP contribution in [0.25, 0.3) is 0 Å². The Morgan fingerprint density at radius 3 is 1.67 bits per heavy atom. The summed E-state index contributed by atoms with van der Waals surface area (Å²) in [4.78, 5) is 0. The van der Waals surface area contributed by atoms with Crippen molar-refractivity contribution in [1.29, 1.82) is 0 Å². The molecule has 0 saturated carbocycles. The third-order valence-corrected chi connectivity index (χ3v) is 1.45. The van der Waals surface area contributed by atoms with Gasteiger partial charge in [0.15, 0.2) is 0 Å². The Morgan fingerprint density at radius 2 is 1.44 bits per heavy atom. The van der Waals surface area contributed by atoms with Gasteiger partial charge < -0.3 is 12.0 Å². The van der Waals surface area contributed by atoms with Crippen LogP contribution in [0.4, 0.5) is 0 Å². The minimum absolute atomic E-state index is 2.06. The highest BCUT2D eigenvalue weighted by Gasteiger charge is 1.57. The van der Waals surface area contributed by atoms with Gasteiger partial charge >= 0.3 is 0 Å². The maximum atomic E-state index is 9.89. The van der Waals surface area contributed by atoms with Crippen molar-refractivity contribution in [3.63, 3.8) is 0 Å². The molecular formula is H2N2O5S2-2. The van der Waals surface area contributed by atoms with E-state index in [0.717, 1.165) is 0 Å². The third-order valence-electron chi connectivity index (χ3n) is 0.250. The van der Waals surface area contributed by atoms with Crippen LogP contribution in [0.2, 0.25) is 0 Å². The molecule has 0 unspecified atom stereocenters. The monoisotopic (exact) mass is 174 g/mol. The SMILES string of the molecule is O=[S-](=NO)O[S-](=O)=NO. The molecule has 0 heterocycles. The predicted octanol–water partition coefficient (Wildman–Crippen LogP) is -0.0938. The molecule has 0 aromatic carbocycles. The molecule has 0 aliphatic rings. The Hall–Kier alpha value is -0.220. The molecule has 0 radical (unpaired) electrons. The van der Waals surface area contributed by atoms with Crippen LogP contribution < -0.4 is 0 Å². The second kappa shape index (κ2) is 4.64. The van der Waals surface area contributed by atoms with Crippen LogP contribution in [0.3, 0.4) is 0 Å². The largest absolute Gasteiger partial charge is 0.506 e. The van der Waals surface area contributed by atoms with Crippen molar-refractivity contribution in [2.24, 2.45) is 9.05 Å². The van der Waals surface area contributed by atoms with Crippen LogP contribution in [0, 0.1) is 0 Å². The van der Waals surface area contributed by atoms with Crippen LogP contribution in [0.5, 0.6) is 0 Å². The molecule has 0 bridgehead atoms. The van der Waals surface area contributed by atoms with Crippen LogP contribution in [0.15, 0.2) is 9.05 Å². The number of hydrogen-bond donors (Lipinski definition) is 2. The van der Waals surface area contributed by atoms with E-state index < -0.39 is 21.8 Å². The molecule has 0 aromatic rings. The van der Waals surface area contributed by atoms with E-state index in [1.807, 2.05) is 0 Å². The maximum Gasteiger partial charge on any atom is -0.0525 e. The fraction of sp³-hybridized carbons (Fsp3) is 0. The Balaban J connectivity index is 4.07. The molecule has 0 amide bonds. The van der Waals surface area contributed by atoms with Gasteiger partial charge in [-0.15, -0.1) is 0 Å². The standard InChI is InChI=1S/H2N2O5S2/c3-1-8(5)7-9(6)2-4/h3-4H/q-2. The lowest BCUT2D eigenvalue weighted by Gasteiger charge is -2.05. The Kier molecular flexibility index (Phi) is 4.53. The van der Waals surface area contributed by atoms with Crippen LogP contribution in [-0.4, -0.2) is 10.4 Å². The molecule has 0 rings (SSSR count). The Bertz CT molecular complexity index is 193. The zero-order valence-electron chi connectivity index (χ0n) is 3.83. The molecule has 2 N–H and O–H groups in total. The van der Waals surface area contributed by atoms with Gasteiger partial charge in [-0.3, -0.25) is 10.4 Å². The molecule has 0 spiro atoms. The van der Waals surface area contributed by atoms with Crippen molar-refractivity contribution in [2.75, 3.05) is 0 Å². The summed E-state index contributed by atoms with van der Waals surface area (Å²) in [6, 6.07) is 0. The second-order valence-corrected chi connectivity index (χ2v) is 2.40. The number of nitrogens with zero attached hydrogens (tertiary/aromatic N) is 2. The summed E-state index contributed by atoms with van der Waals surface area (Å²) in [6.07, 6.45) is 0. The van der Waals surface area contributed by atoms with Crippen LogP contribution in [0.1, 0.15) is 0 Å². The Morgan fingerprint density at radius 1 is 1.11 bits per heavy atom. The van der Waals surface area contributed by atoms with Gasteiger partial charge in [0.1, 0.15) is 0 Å². The molecule has 56 valence electrons. The number of rotatable bonds is 2. The van der Waals surface area contributed by atoms with Crippen LogP contribution >= 0.6 is 0 Å². The second-order valence-electron chi connectivity index (χ2n) is 0.666. The van der Waals surface area contributed by atoms with E-state index in [4.69, 9.17) is 10.4 Å². The molecule has 0 aromatic heterocycles. The quantitative estimate of drug-likeness (QED) is 0.449. The summed E-state index contributed by atoms with van der Waals surface area (Å²) in [5.74, 6) is 0. The van der Waals surface area contributed by atoms with Gasteiger partial charge in [0, 0.05) is 0 Å². The van der Waals surface area contributed by atoms with Gasteiger partial charge in [-0.25, -0.2) is 9.05 Å². The highest BCUT2D eigenvalue weighted by molar-refractivity contribution is 7.83. The fourth-order valence-electron chi connectivity index (χ4n) is 0.0770. The first-order valence-electron chi connectivity index (χ1n) is 1.43. The zero-order valence-corrected chi connectivity index (χ0v) is 5.46. The highest BCUT2D eigenvalue weighted by atomic mass is 32.2. The summed E-state index contributed by atoms with van der Waals surface area (Å²) in [6.45, 7) is 0. The fourth-order valence-corrected chi connectivity index (χ4v) is 0.693. The smallest absolute Gasteiger partial charge is 0.0525 e. The van der Waals surface area contributed by atoms with Crippen molar-refractivity contribution < 1.29 is 22.5 Å². The lowest BCUT2D eigenvalue weighted by molar-refractivity contribution is 0.312. The molecule has 7 nitrogen and oxygen atoms in total. The van der Waals surface area contributed by atoms with Gasteiger partial charge in [-0.2, -0.15) is 0 Å². The summed E-state index contributed by atoms with van der Waals surface area (Å²) in [5.41, 5.74) is 0. The predicted molar refractivity (Wildman–Crippen MR) is 25.6 cm³/mol. The molecule has 0 atom stereocenters. The van der Waals surface area contributed by atoms with Crippen molar-refractivity contribution in [3.05, 3.63) is 0 Å².